The fourth-order valence-electron chi connectivity index (χ4n) is 2.73. The summed E-state index contributed by atoms with van der Waals surface area (Å²) in [6, 6.07) is 2.96. The Balaban J connectivity index is 1.61. The van der Waals surface area contributed by atoms with Crippen molar-refractivity contribution in [3.05, 3.63) is 29.1 Å². The monoisotopic (exact) mass is 307 g/mol. The number of nitrogens with one attached hydrogen (secondary N) is 2. The van der Waals surface area contributed by atoms with E-state index < -0.39 is 0 Å². The molecule has 1 aromatic rings. The normalized spacial score (nSPS) is 18.2. The Hall–Kier alpha value is -1.82. The molecule has 6 heteroatoms. The largest absolute Gasteiger partial charge is 0.467 e. The number of hydrogen-bond donors (Lipinski definition) is 2. The molecule has 0 amide bonds. The Labute approximate surface area is 129 Å². The molecule has 0 unspecified atom stereocenters. The van der Waals surface area contributed by atoms with Gasteiger partial charge in [0.15, 0.2) is 12.8 Å². The van der Waals surface area contributed by atoms with Crippen molar-refractivity contribution in [3.63, 3.8) is 0 Å². The second-order valence-corrected chi connectivity index (χ2v) is 5.77. The summed E-state index contributed by atoms with van der Waals surface area (Å²) in [5.41, 5.74) is 1.53. The molecule has 1 aliphatic heterocycles. The van der Waals surface area contributed by atoms with E-state index >= 15 is 0 Å². The number of hydrogen-bond acceptors (Lipinski definition) is 3. The third-order valence-electron chi connectivity index (χ3n) is 4.20. The molecule has 0 spiro atoms. The molecule has 2 N–H and O–H groups in total. The smallest absolute Gasteiger partial charge is 0.191 e. The number of rotatable bonds is 4. The fraction of sp³-hybridized carbons (Fsp3) is 0.562. The summed E-state index contributed by atoms with van der Waals surface area (Å²) < 4.78 is 24.4. The second-order valence-electron chi connectivity index (χ2n) is 5.77. The third-order valence-corrected chi connectivity index (χ3v) is 4.20. The predicted octanol–water partition coefficient (Wildman–Crippen LogP) is 2.16. The molecular weight excluding hydrogens is 285 g/mol. The van der Waals surface area contributed by atoms with Crippen molar-refractivity contribution in [2.75, 3.05) is 20.4 Å². The molecule has 0 radical (unpaired) electrons. The van der Waals surface area contributed by atoms with Crippen LogP contribution in [0.5, 0.6) is 5.75 Å². The Bertz CT molecular complexity index is 559. The number of halogens is 1. The SMILES string of the molecule is CN=C(NCc1cc(F)cc2c1OCOC2)NCC1CCC1. The number of benzene rings is 1. The van der Waals surface area contributed by atoms with Crippen LogP contribution in [0.15, 0.2) is 17.1 Å². The minimum Gasteiger partial charge on any atom is -0.467 e. The van der Waals surface area contributed by atoms with Gasteiger partial charge < -0.3 is 20.1 Å². The fourth-order valence-corrected chi connectivity index (χ4v) is 2.73. The highest BCUT2D eigenvalue weighted by Crippen LogP contribution is 2.29. The first-order chi connectivity index (χ1) is 10.8. The molecule has 0 saturated heterocycles. The third kappa shape index (κ3) is 3.50. The van der Waals surface area contributed by atoms with Crippen molar-refractivity contribution < 1.29 is 13.9 Å². The van der Waals surface area contributed by atoms with E-state index in [0.717, 1.165) is 35.3 Å². The zero-order chi connectivity index (χ0) is 15.4. The molecule has 1 aliphatic carbocycles. The minimum absolute atomic E-state index is 0.209. The maximum absolute atomic E-state index is 13.7. The molecular formula is C16H22FN3O2. The highest BCUT2D eigenvalue weighted by molar-refractivity contribution is 5.79. The standard InChI is InChI=1S/C16H22FN3O2/c1-18-16(19-7-11-3-2-4-11)20-8-12-5-14(17)6-13-9-21-10-22-15(12)13/h5-6,11H,2-4,7-10H2,1H3,(H2,18,19,20). The molecule has 22 heavy (non-hydrogen) atoms. The highest BCUT2D eigenvalue weighted by atomic mass is 19.1. The van der Waals surface area contributed by atoms with Gasteiger partial charge in [0, 0.05) is 31.3 Å². The lowest BCUT2D eigenvalue weighted by Crippen LogP contribution is -2.40. The molecule has 120 valence electrons. The van der Waals surface area contributed by atoms with Crippen molar-refractivity contribution in [1.29, 1.82) is 0 Å². The van der Waals surface area contributed by atoms with Crippen LogP contribution in [-0.2, 0) is 17.9 Å². The summed E-state index contributed by atoms with van der Waals surface area (Å²) >= 11 is 0. The van der Waals surface area contributed by atoms with E-state index in [2.05, 4.69) is 15.6 Å². The van der Waals surface area contributed by atoms with Crippen molar-refractivity contribution in [2.24, 2.45) is 10.9 Å². The first kappa shape index (κ1) is 15.1. The molecule has 0 atom stereocenters. The Morgan fingerprint density at radius 3 is 2.95 bits per heavy atom. The van der Waals surface area contributed by atoms with E-state index in [4.69, 9.17) is 9.47 Å². The van der Waals surface area contributed by atoms with Crippen molar-refractivity contribution in [3.8, 4) is 5.75 Å². The van der Waals surface area contributed by atoms with Crippen LogP contribution in [-0.4, -0.2) is 26.3 Å². The van der Waals surface area contributed by atoms with Gasteiger partial charge in [0.05, 0.1) is 6.61 Å². The van der Waals surface area contributed by atoms with Crippen LogP contribution in [0.4, 0.5) is 4.39 Å². The number of nitrogens with zero attached hydrogens (tertiary/aromatic N) is 1. The quantitative estimate of drug-likeness (QED) is 0.661. The first-order valence-corrected chi connectivity index (χ1v) is 7.72. The van der Waals surface area contributed by atoms with Gasteiger partial charge in [0.2, 0.25) is 0 Å². The lowest BCUT2D eigenvalue weighted by molar-refractivity contribution is -0.0172. The minimum atomic E-state index is -0.276. The van der Waals surface area contributed by atoms with Crippen LogP contribution >= 0.6 is 0 Å². The summed E-state index contributed by atoms with van der Waals surface area (Å²) in [6.07, 6.45) is 3.90. The van der Waals surface area contributed by atoms with E-state index in [-0.39, 0.29) is 12.6 Å². The summed E-state index contributed by atoms with van der Waals surface area (Å²) in [5.74, 6) is 1.93. The van der Waals surface area contributed by atoms with Gasteiger partial charge in [0.1, 0.15) is 11.6 Å². The molecule has 1 aromatic carbocycles. The summed E-state index contributed by atoms with van der Waals surface area (Å²) in [5, 5.41) is 6.53. The van der Waals surface area contributed by atoms with Crippen LogP contribution in [0, 0.1) is 11.7 Å². The molecule has 1 heterocycles. The van der Waals surface area contributed by atoms with Gasteiger partial charge in [-0.25, -0.2) is 4.39 Å². The molecule has 2 aliphatic rings. The summed E-state index contributed by atoms with van der Waals surface area (Å²) in [7, 11) is 1.74. The first-order valence-electron chi connectivity index (χ1n) is 7.72. The van der Waals surface area contributed by atoms with Gasteiger partial charge in [-0.15, -0.1) is 0 Å². The average Bonchev–Trinajstić information content (AvgIpc) is 2.48. The van der Waals surface area contributed by atoms with E-state index in [1.165, 1.54) is 31.4 Å². The van der Waals surface area contributed by atoms with Crippen LogP contribution in [0.25, 0.3) is 0 Å². The van der Waals surface area contributed by atoms with Crippen LogP contribution in [0.3, 0.4) is 0 Å². The molecule has 0 aromatic heterocycles. The van der Waals surface area contributed by atoms with E-state index in [1.807, 2.05) is 0 Å². The average molecular weight is 307 g/mol. The van der Waals surface area contributed by atoms with Crippen molar-refractivity contribution in [1.82, 2.24) is 10.6 Å². The topological polar surface area (TPSA) is 54.9 Å². The lowest BCUT2D eigenvalue weighted by atomic mass is 9.85. The van der Waals surface area contributed by atoms with Gasteiger partial charge in [-0.2, -0.15) is 0 Å². The molecule has 3 rings (SSSR count). The van der Waals surface area contributed by atoms with Crippen molar-refractivity contribution in [2.45, 2.75) is 32.4 Å². The van der Waals surface area contributed by atoms with Crippen LogP contribution < -0.4 is 15.4 Å². The van der Waals surface area contributed by atoms with E-state index in [9.17, 15) is 4.39 Å². The van der Waals surface area contributed by atoms with Gasteiger partial charge in [-0.1, -0.05) is 6.42 Å². The molecule has 1 fully saturated rings. The molecule has 5 nitrogen and oxygen atoms in total. The van der Waals surface area contributed by atoms with E-state index in [1.54, 1.807) is 7.05 Å². The number of aliphatic imine (C=N–C) groups is 1. The molecule has 1 saturated carbocycles. The Kier molecular flexibility index (Phi) is 4.77. The van der Waals surface area contributed by atoms with Crippen molar-refractivity contribution >= 4 is 5.96 Å². The summed E-state index contributed by atoms with van der Waals surface area (Å²) in [4.78, 5) is 4.20. The second kappa shape index (κ2) is 6.96. The highest BCUT2D eigenvalue weighted by Gasteiger charge is 2.19. The maximum atomic E-state index is 13.7. The number of fused-ring (bicyclic) bond motifs is 1. The zero-order valence-electron chi connectivity index (χ0n) is 12.8. The molecule has 0 bridgehead atoms. The Morgan fingerprint density at radius 1 is 1.36 bits per heavy atom. The van der Waals surface area contributed by atoms with Gasteiger partial charge in [-0.3, -0.25) is 4.99 Å². The van der Waals surface area contributed by atoms with Crippen LogP contribution in [0.2, 0.25) is 0 Å². The zero-order valence-corrected chi connectivity index (χ0v) is 12.8. The summed E-state index contributed by atoms with van der Waals surface area (Å²) in [6.45, 7) is 1.99. The van der Waals surface area contributed by atoms with Crippen LogP contribution in [0.1, 0.15) is 30.4 Å². The van der Waals surface area contributed by atoms with Gasteiger partial charge in [-0.05, 0) is 30.9 Å². The van der Waals surface area contributed by atoms with E-state index in [0.29, 0.717) is 13.2 Å². The Morgan fingerprint density at radius 2 is 2.23 bits per heavy atom. The lowest BCUT2D eigenvalue weighted by Gasteiger charge is -2.26. The van der Waals surface area contributed by atoms with Gasteiger partial charge in [0.25, 0.3) is 0 Å². The van der Waals surface area contributed by atoms with Gasteiger partial charge >= 0.3 is 0 Å². The maximum Gasteiger partial charge on any atom is 0.191 e. The number of ether oxygens (including phenoxy) is 2. The number of guanidine groups is 1. The predicted molar refractivity (Wildman–Crippen MR) is 82.2 cm³/mol.